The van der Waals surface area contributed by atoms with Gasteiger partial charge in [0.25, 0.3) is 0 Å². The number of para-hydroxylation sites is 1. The van der Waals surface area contributed by atoms with E-state index < -0.39 is 11.8 Å². The van der Waals surface area contributed by atoms with Crippen LogP contribution in [0.4, 0.5) is 0 Å². The van der Waals surface area contributed by atoms with Gasteiger partial charge in [-0.2, -0.15) is 5.10 Å². The number of aryl methyl sites for hydroxylation is 1. The summed E-state index contributed by atoms with van der Waals surface area (Å²) in [6.45, 7) is 1.69. The van der Waals surface area contributed by atoms with E-state index in [4.69, 9.17) is 0 Å². The number of nitrogens with one attached hydrogen (secondary N) is 1. The van der Waals surface area contributed by atoms with Crippen molar-refractivity contribution in [3.63, 3.8) is 0 Å². The number of imide groups is 1. The standard InChI is InChI=1S/C14H15N3O3/c1-9(14(20)15-8-19)12-11-5-3-4-10(6-7-18)13(11)17(2)16-12/h3-5,7-9H,6H2,1-2H3,(H,15,19,20). The molecule has 1 aromatic carbocycles. The van der Waals surface area contributed by atoms with Gasteiger partial charge in [0.2, 0.25) is 12.3 Å². The molecular formula is C14H15N3O3. The molecule has 0 aliphatic carbocycles. The number of nitrogens with zero attached hydrogens (tertiary/aromatic N) is 2. The number of aromatic nitrogens is 2. The summed E-state index contributed by atoms with van der Waals surface area (Å²) in [5.74, 6) is -0.948. The molecule has 2 aromatic rings. The molecule has 2 amide bonds. The Balaban J connectivity index is 2.56. The molecule has 0 radical (unpaired) electrons. The van der Waals surface area contributed by atoms with Crippen LogP contribution in [0.5, 0.6) is 0 Å². The molecule has 1 aromatic heterocycles. The Kier molecular flexibility index (Phi) is 3.93. The van der Waals surface area contributed by atoms with E-state index in [-0.39, 0.29) is 0 Å². The second-order valence-electron chi connectivity index (χ2n) is 4.54. The fourth-order valence-electron chi connectivity index (χ4n) is 2.33. The Morgan fingerprint density at radius 2 is 2.20 bits per heavy atom. The lowest BCUT2D eigenvalue weighted by Gasteiger charge is -2.06. The third-order valence-corrected chi connectivity index (χ3v) is 3.28. The Morgan fingerprint density at radius 1 is 1.45 bits per heavy atom. The topological polar surface area (TPSA) is 81.1 Å². The van der Waals surface area contributed by atoms with E-state index in [2.05, 4.69) is 10.4 Å². The minimum atomic E-state index is -0.546. The summed E-state index contributed by atoms with van der Waals surface area (Å²) in [6.07, 6.45) is 1.50. The highest BCUT2D eigenvalue weighted by Crippen LogP contribution is 2.27. The maximum atomic E-state index is 11.8. The van der Waals surface area contributed by atoms with Crippen LogP contribution in [0.1, 0.15) is 24.1 Å². The van der Waals surface area contributed by atoms with Crippen LogP contribution >= 0.6 is 0 Å². The molecule has 104 valence electrons. The molecule has 0 spiro atoms. The number of amides is 2. The summed E-state index contributed by atoms with van der Waals surface area (Å²) in [5, 5.41) is 7.31. The Hall–Kier alpha value is -2.50. The lowest BCUT2D eigenvalue weighted by atomic mass is 10.0. The highest BCUT2D eigenvalue weighted by atomic mass is 16.2. The molecule has 6 nitrogen and oxygen atoms in total. The van der Waals surface area contributed by atoms with Crippen LogP contribution < -0.4 is 5.32 Å². The number of carbonyl (C=O) groups is 3. The van der Waals surface area contributed by atoms with Crippen molar-refractivity contribution in [2.75, 3.05) is 0 Å². The molecule has 0 aliphatic heterocycles. The number of aldehydes is 1. The first-order valence-corrected chi connectivity index (χ1v) is 6.22. The zero-order valence-corrected chi connectivity index (χ0v) is 11.3. The number of fused-ring (bicyclic) bond motifs is 1. The number of hydrogen-bond donors (Lipinski definition) is 1. The Bertz CT molecular complexity index is 676. The van der Waals surface area contributed by atoms with E-state index in [1.165, 1.54) is 0 Å². The summed E-state index contributed by atoms with van der Waals surface area (Å²) in [4.78, 5) is 32.9. The van der Waals surface area contributed by atoms with Crippen molar-refractivity contribution in [3.05, 3.63) is 29.5 Å². The normalized spacial score (nSPS) is 12.1. The van der Waals surface area contributed by atoms with Crippen LogP contribution in [0.2, 0.25) is 0 Å². The molecule has 2 rings (SSSR count). The molecule has 0 bridgehead atoms. The van der Waals surface area contributed by atoms with E-state index in [9.17, 15) is 14.4 Å². The summed E-state index contributed by atoms with van der Waals surface area (Å²) >= 11 is 0. The molecule has 6 heteroatoms. The summed E-state index contributed by atoms with van der Waals surface area (Å²) in [5.41, 5.74) is 2.29. The van der Waals surface area contributed by atoms with Crippen LogP contribution in [-0.2, 0) is 27.9 Å². The van der Waals surface area contributed by atoms with Gasteiger partial charge in [-0.15, -0.1) is 0 Å². The van der Waals surface area contributed by atoms with Crippen LogP contribution in [0.3, 0.4) is 0 Å². The van der Waals surface area contributed by atoms with Gasteiger partial charge in [0, 0.05) is 18.9 Å². The van der Waals surface area contributed by atoms with Crippen molar-refractivity contribution in [3.8, 4) is 0 Å². The van der Waals surface area contributed by atoms with Crippen LogP contribution in [0.25, 0.3) is 10.9 Å². The van der Waals surface area contributed by atoms with Crippen molar-refractivity contribution >= 4 is 29.5 Å². The van der Waals surface area contributed by atoms with E-state index >= 15 is 0 Å². The first-order valence-electron chi connectivity index (χ1n) is 6.22. The van der Waals surface area contributed by atoms with Gasteiger partial charge in [0.05, 0.1) is 17.1 Å². The Labute approximate surface area is 115 Å². The molecule has 1 unspecified atom stereocenters. The second-order valence-corrected chi connectivity index (χ2v) is 4.54. The van der Waals surface area contributed by atoms with Gasteiger partial charge in [-0.1, -0.05) is 18.2 Å². The maximum Gasteiger partial charge on any atom is 0.235 e. The lowest BCUT2D eigenvalue weighted by molar-refractivity contribution is -0.126. The van der Waals surface area contributed by atoms with Gasteiger partial charge in [-0.3, -0.25) is 19.6 Å². The second kappa shape index (κ2) is 5.64. The smallest absolute Gasteiger partial charge is 0.235 e. The summed E-state index contributed by atoms with van der Waals surface area (Å²) in [7, 11) is 1.77. The first-order chi connectivity index (χ1) is 9.60. The third kappa shape index (κ3) is 2.32. The summed E-state index contributed by atoms with van der Waals surface area (Å²) < 4.78 is 1.66. The first kappa shape index (κ1) is 13.9. The van der Waals surface area contributed by atoms with Crippen molar-refractivity contribution < 1.29 is 14.4 Å². The highest BCUT2D eigenvalue weighted by Gasteiger charge is 2.22. The van der Waals surface area contributed by atoms with E-state index in [0.717, 1.165) is 22.8 Å². The number of rotatable bonds is 5. The minimum absolute atomic E-state index is 0.297. The fourth-order valence-corrected chi connectivity index (χ4v) is 2.33. The average Bonchev–Trinajstić information content (AvgIpc) is 2.77. The van der Waals surface area contributed by atoms with Gasteiger partial charge in [0.15, 0.2) is 0 Å². The van der Waals surface area contributed by atoms with Crippen LogP contribution in [0, 0.1) is 0 Å². The van der Waals surface area contributed by atoms with Crippen molar-refractivity contribution in [2.45, 2.75) is 19.3 Å². The third-order valence-electron chi connectivity index (χ3n) is 3.28. The van der Waals surface area contributed by atoms with E-state index in [1.54, 1.807) is 18.7 Å². The zero-order valence-electron chi connectivity index (χ0n) is 11.3. The molecule has 0 saturated carbocycles. The predicted molar refractivity (Wildman–Crippen MR) is 73.1 cm³/mol. The summed E-state index contributed by atoms with van der Waals surface area (Å²) in [6, 6.07) is 5.55. The van der Waals surface area contributed by atoms with Gasteiger partial charge < -0.3 is 4.79 Å². The van der Waals surface area contributed by atoms with E-state index in [0.29, 0.717) is 18.5 Å². The highest BCUT2D eigenvalue weighted by molar-refractivity contribution is 5.95. The van der Waals surface area contributed by atoms with Crippen LogP contribution in [0.15, 0.2) is 18.2 Å². The van der Waals surface area contributed by atoms with Gasteiger partial charge in [-0.25, -0.2) is 0 Å². The Morgan fingerprint density at radius 3 is 2.85 bits per heavy atom. The number of hydrogen-bond acceptors (Lipinski definition) is 4. The van der Waals surface area contributed by atoms with Gasteiger partial charge in [-0.05, 0) is 12.5 Å². The monoisotopic (exact) mass is 273 g/mol. The molecule has 1 N–H and O–H groups in total. The average molecular weight is 273 g/mol. The van der Waals surface area contributed by atoms with Gasteiger partial charge >= 0.3 is 0 Å². The van der Waals surface area contributed by atoms with Crippen molar-refractivity contribution in [1.82, 2.24) is 15.1 Å². The molecule has 0 aliphatic rings. The predicted octanol–water partition coefficient (Wildman–Crippen LogP) is 0.691. The molecule has 0 saturated heterocycles. The SMILES string of the molecule is CC(C(=O)NC=O)c1nn(C)c2c(CC=O)cccc12. The number of carbonyl (C=O) groups excluding carboxylic acids is 3. The van der Waals surface area contributed by atoms with Crippen molar-refractivity contribution in [1.29, 1.82) is 0 Å². The molecule has 1 atom stereocenters. The molecule has 20 heavy (non-hydrogen) atoms. The van der Waals surface area contributed by atoms with E-state index in [1.807, 2.05) is 18.2 Å². The molecular weight excluding hydrogens is 258 g/mol. The van der Waals surface area contributed by atoms with Crippen LogP contribution in [-0.4, -0.2) is 28.4 Å². The number of benzene rings is 1. The lowest BCUT2D eigenvalue weighted by Crippen LogP contribution is -2.26. The quantitative estimate of drug-likeness (QED) is 0.813. The van der Waals surface area contributed by atoms with Gasteiger partial charge in [0.1, 0.15) is 6.29 Å². The largest absolute Gasteiger partial charge is 0.303 e. The maximum absolute atomic E-state index is 11.8. The molecule has 1 heterocycles. The minimum Gasteiger partial charge on any atom is -0.303 e. The fraction of sp³-hybridized carbons (Fsp3) is 0.286. The molecule has 0 fully saturated rings. The van der Waals surface area contributed by atoms with Crippen molar-refractivity contribution in [2.24, 2.45) is 7.05 Å². The zero-order chi connectivity index (χ0) is 14.7.